The van der Waals surface area contributed by atoms with Gasteiger partial charge < -0.3 is 15.2 Å². The van der Waals surface area contributed by atoms with Crippen LogP contribution in [-0.4, -0.2) is 24.1 Å². The van der Waals surface area contributed by atoms with Crippen LogP contribution in [0, 0.1) is 0 Å². The third-order valence-electron chi connectivity index (χ3n) is 1.96. The van der Waals surface area contributed by atoms with Crippen molar-refractivity contribution in [2.45, 2.75) is 6.92 Å². The van der Waals surface area contributed by atoms with E-state index in [-0.39, 0.29) is 5.91 Å². The monoisotopic (exact) mass is 235 g/mol. The SMILES string of the molecule is COc1ccc(NC(C)=O)cc1C=CC(=O)O. The van der Waals surface area contributed by atoms with Gasteiger partial charge in [-0.15, -0.1) is 0 Å². The van der Waals surface area contributed by atoms with E-state index in [1.165, 1.54) is 20.1 Å². The summed E-state index contributed by atoms with van der Waals surface area (Å²) in [7, 11) is 1.49. The fourth-order valence-corrected chi connectivity index (χ4v) is 1.31. The topological polar surface area (TPSA) is 75.6 Å². The smallest absolute Gasteiger partial charge is 0.328 e. The summed E-state index contributed by atoms with van der Waals surface area (Å²) in [5.41, 5.74) is 1.17. The molecule has 90 valence electrons. The van der Waals surface area contributed by atoms with Crippen molar-refractivity contribution < 1.29 is 19.4 Å². The lowest BCUT2D eigenvalue weighted by atomic mass is 10.1. The van der Waals surface area contributed by atoms with Crippen molar-refractivity contribution in [1.82, 2.24) is 0 Å². The summed E-state index contributed by atoms with van der Waals surface area (Å²) in [6, 6.07) is 4.98. The molecule has 0 bridgehead atoms. The minimum atomic E-state index is -1.04. The van der Waals surface area contributed by atoms with E-state index in [0.717, 1.165) is 6.08 Å². The third-order valence-corrected chi connectivity index (χ3v) is 1.96. The molecule has 0 aliphatic heterocycles. The Morgan fingerprint density at radius 2 is 2.12 bits per heavy atom. The highest BCUT2D eigenvalue weighted by Gasteiger charge is 2.03. The molecule has 1 rings (SSSR count). The quantitative estimate of drug-likeness (QED) is 0.779. The number of carbonyl (C=O) groups excluding carboxylic acids is 1. The van der Waals surface area contributed by atoms with Crippen LogP contribution in [0.3, 0.4) is 0 Å². The zero-order valence-electron chi connectivity index (χ0n) is 9.56. The lowest BCUT2D eigenvalue weighted by Gasteiger charge is -2.08. The van der Waals surface area contributed by atoms with Crippen LogP contribution in [0.4, 0.5) is 5.69 Å². The normalized spacial score (nSPS) is 10.2. The predicted molar refractivity (Wildman–Crippen MR) is 64.0 cm³/mol. The van der Waals surface area contributed by atoms with Gasteiger partial charge in [0, 0.05) is 24.3 Å². The van der Waals surface area contributed by atoms with Crippen LogP contribution in [0.15, 0.2) is 24.3 Å². The van der Waals surface area contributed by atoms with Crippen LogP contribution in [0.5, 0.6) is 5.75 Å². The molecule has 1 aromatic rings. The average molecular weight is 235 g/mol. The van der Waals surface area contributed by atoms with E-state index in [1.807, 2.05) is 0 Å². The fourth-order valence-electron chi connectivity index (χ4n) is 1.31. The molecule has 0 atom stereocenters. The lowest BCUT2D eigenvalue weighted by molar-refractivity contribution is -0.131. The summed E-state index contributed by atoms with van der Waals surface area (Å²) < 4.78 is 5.08. The molecule has 1 amide bonds. The Balaban J connectivity index is 3.05. The van der Waals surface area contributed by atoms with Crippen LogP contribution >= 0.6 is 0 Å². The number of hydrogen-bond acceptors (Lipinski definition) is 3. The van der Waals surface area contributed by atoms with Gasteiger partial charge in [-0.1, -0.05) is 0 Å². The van der Waals surface area contributed by atoms with Crippen molar-refractivity contribution in [3.8, 4) is 5.75 Å². The second-order valence-electron chi connectivity index (χ2n) is 3.31. The number of nitrogens with one attached hydrogen (secondary N) is 1. The van der Waals surface area contributed by atoms with E-state index < -0.39 is 5.97 Å². The molecule has 0 aliphatic carbocycles. The first-order valence-electron chi connectivity index (χ1n) is 4.89. The second-order valence-corrected chi connectivity index (χ2v) is 3.31. The van der Waals surface area contributed by atoms with Crippen LogP contribution in [0.25, 0.3) is 6.08 Å². The standard InChI is InChI=1S/C12H13NO4/c1-8(14)13-10-4-5-11(17-2)9(7-10)3-6-12(15)16/h3-7H,1-2H3,(H,13,14)(H,15,16). The van der Waals surface area contributed by atoms with Gasteiger partial charge in [0.15, 0.2) is 0 Å². The van der Waals surface area contributed by atoms with Crippen LogP contribution in [0.2, 0.25) is 0 Å². The number of hydrogen-bond donors (Lipinski definition) is 2. The van der Waals surface area contributed by atoms with Gasteiger partial charge in [0.2, 0.25) is 5.91 Å². The molecule has 0 heterocycles. The average Bonchev–Trinajstić information content (AvgIpc) is 2.25. The highest BCUT2D eigenvalue weighted by Crippen LogP contribution is 2.23. The van der Waals surface area contributed by atoms with Crippen molar-refractivity contribution in [3.63, 3.8) is 0 Å². The van der Waals surface area contributed by atoms with E-state index >= 15 is 0 Å². The number of carboxylic acid groups (broad SMARTS) is 1. The van der Waals surface area contributed by atoms with Gasteiger partial charge in [0.05, 0.1) is 7.11 Å². The lowest BCUT2D eigenvalue weighted by Crippen LogP contribution is -2.05. The number of amides is 1. The van der Waals surface area contributed by atoms with Gasteiger partial charge in [-0.05, 0) is 24.3 Å². The largest absolute Gasteiger partial charge is 0.496 e. The van der Waals surface area contributed by atoms with Crippen molar-refractivity contribution in [2.24, 2.45) is 0 Å². The first kappa shape index (κ1) is 12.8. The van der Waals surface area contributed by atoms with Gasteiger partial charge >= 0.3 is 5.97 Å². The number of aliphatic carboxylic acids is 1. The second kappa shape index (κ2) is 5.69. The van der Waals surface area contributed by atoms with Crippen LogP contribution in [-0.2, 0) is 9.59 Å². The number of carboxylic acids is 1. The third kappa shape index (κ3) is 3.98. The molecule has 0 aliphatic rings. The molecule has 5 heteroatoms. The molecule has 0 saturated heterocycles. The Morgan fingerprint density at radius 3 is 2.65 bits per heavy atom. The molecule has 17 heavy (non-hydrogen) atoms. The van der Waals surface area contributed by atoms with Crippen LogP contribution < -0.4 is 10.1 Å². The number of carbonyl (C=O) groups is 2. The first-order valence-corrected chi connectivity index (χ1v) is 4.89. The molecule has 2 N–H and O–H groups in total. The molecule has 0 radical (unpaired) electrons. The molecule has 0 aromatic heterocycles. The Hall–Kier alpha value is -2.30. The summed E-state index contributed by atoms with van der Waals surface area (Å²) >= 11 is 0. The molecule has 5 nitrogen and oxygen atoms in total. The Kier molecular flexibility index (Phi) is 4.28. The van der Waals surface area contributed by atoms with Gasteiger partial charge in [-0.2, -0.15) is 0 Å². The van der Waals surface area contributed by atoms with Crippen molar-refractivity contribution in [2.75, 3.05) is 12.4 Å². The Morgan fingerprint density at radius 1 is 1.41 bits per heavy atom. The summed E-state index contributed by atoms with van der Waals surface area (Å²) in [6.45, 7) is 1.40. The number of benzene rings is 1. The van der Waals surface area contributed by atoms with E-state index in [4.69, 9.17) is 9.84 Å². The summed E-state index contributed by atoms with van der Waals surface area (Å²) in [5, 5.41) is 11.2. The van der Waals surface area contributed by atoms with Crippen molar-refractivity contribution in [1.29, 1.82) is 0 Å². The first-order chi connectivity index (χ1) is 8.02. The summed E-state index contributed by atoms with van der Waals surface area (Å²) in [6.07, 6.45) is 2.42. The predicted octanol–water partition coefficient (Wildman–Crippen LogP) is 1.75. The van der Waals surface area contributed by atoms with E-state index in [9.17, 15) is 9.59 Å². The number of rotatable bonds is 4. The molecule has 0 saturated carbocycles. The van der Waals surface area contributed by atoms with Gasteiger partial charge in [-0.3, -0.25) is 4.79 Å². The maximum atomic E-state index is 10.9. The number of anilines is 1. The van der Waals surface area contributed by atoms with Gasteiger partial charge in [0.1, 0.15) is 5.75 Å². The fraction of sp³-hybridized carbons (Fsp3) is 0.167. The molecule has 0 fully saturated rings. The minimum absolute atomic E-state index is 0.191. The highest BCUT2D eigenvalue weighted by atomic mass is 16.5. The van der Waals surface area contributed by atoms with Crippen LogP contribution in [0.1, 0.15) is 12.5 Å². The Labute approximate surface area is 98.7 Å². The summed E-state index contributed by atoms with van der Waals surface area (Å²) in [5.74, 6) is -0.697. The van der Waals surface area contributed by atoms with Gasteiger partial charge in [0.25, 0.3) is 0 Å². The van der Waals surface area contributed by atoms with E-state index in [2.05, 4.69) is 5.32 Å². The highest BCUT2D eigenvalue weighted by molar-refractivity contribution is 5.90. The maximum absolute atomic E-state index is 10.9. The number of methoxy groups -OCH3 is 1. The zero-order valence-corrected chi connectivity index (χ0v) is 9.56. The Bertz CT molecular complexity index is 466. The number of ether oxygens (including phenoxy) is 1. The molecule has 0 spiro atoms. The van der Waals surface area contributed by atoms with E-state index in [0.29, 0.717) is 17.0 Å². The molecule has 0 unspecified atom stereocenters. The van der Waals surface area contributed by atoms with E-state index in [1.54, 1.807) is 18.2 Å². The molecular formula is C12H13NO4. The summed E-state index contributed by atoms with van der Waals surface area (Å²) in [4.78, 5) is 21.3. The molecular weight excluding hydrogens is 222 g/mol. The maximum Gasteiger partial charge on any atom is 0.328 e. The van der Waals surface area contributed by atoms with Crippen molar-refractivity contribution in [3.05, 3.63) is 29.8 Å². The zero-order chi connectivity index (χ0) is 12.8. The van der Waals surface area contributed by atoms with Crippen molar-refractivity contribution >= 4 is 23.6 Å². The minimum Gasteiger partial charge on any atom is -0.496 e. The molecule has 1 aromatic carbocycles. The van der Waals surface area contributed by atoms with Gasteiger partial charge in [-0.25, -0.2) is 4.79 Å².